The lowest BCUT2D eigenvalue weighted by Gasteiger charge is -2.63. The van der Waals surface area contributed by atoms with Crippen molar-refractivity contribution in [1.82, 2.24) is 10.2 Å². The van der Waals surface area contributed by atoms with Gasteiger partial charge in [-0.15, -0.1) is 24.0 Å². The van der Waals surface area contributed by atoms with Crippen molar-refractivity contribution in [2.45, 2.75) is 70.4 Å². The third-order valence-corrected chi connectivity index (χ3v) is 7.99. The Kier molecular flexibility index (Phi) is 5.97. The first kappa shape index (κ1) is 20.2. The molecule has 5 fully saturated rings. The summed E-state index contributed by atoms with van der Waals surface area (Å²) in [5.74, 6) is 1.87. The molecule has 0 amide bonds. The molecule has 5 aliphatic rings. The Morgan fingerprint density at radius 2 is 2.00 bits per heavy atom. The summed E-state index contributed by atoms with van der Waals surface area (Å²) in [6.07, 6.45) is 10.9. The number of hydrogen-bond acceptors (Lipinski definition) is 3. The van der Waals surface area contributed by atoms with Crippen molar-refractivity contribution < 1.29 is 9.47 Å². The van der Waals surface area contributed by atoms with Gasteiger partial charge in [0.1, 0.15) is 0 Å². The smallest absolute Gasteiger partial charge is 0.194 e. The lowest BCUT2D eigenvalue weighted by atomic mass is 9.46. The van der Waals surface area contributed by atoms with Crippen LogP contribution in [0.25, 0.3) is 0 Å². The number of nitrogens with one attached hydrogen (secondary N) is 1. The molecular formula is C21H36IN3O2. The zero-order valence-corrected chi connectivity index (χ0v) is 19.1. The summed E-state index contributed by atoms with van der Waals surface area (Å²) >= 11 is 0. The first-order chi connectivity index (χ1) is 12.8. The Balaban J connectivity index is 0.00000180. The third-order valence-electron chi connectivity index (χ3n) is 7.99. The number of ether oxygens (including phenoxy) is 2. The topological polar surface area (TPSA) is 46.1 Å². The molecule has 27 heavy (non-hydrogen) atoms. The molecule has 0 radical (unpaired) electrons. The first-order valence-electron chi connectivity index (χ1n) is 11.0. The molecule has 4 unspecified atom stereocenters. The number of fused-ring (bicyclic) bond motifs is 2. The van der Waals surface area contributed by atoms with Crippen LogP contribution < -0.4 is 5.32 Å². The van der Waals surface area contributed by atoms with Crippen LogP contribution in [0.5, 0.6) is 0 Å². The maximum atomic E-state index is 6.11. The molecule has 2 saturated carbocycles. The molecule has 2 aliphatic carbocycles. The predicted molar refractivity (Wildman–Crippen MR) is 118 cm³/mol. The SMILES string of the molecule is CCN=C(NC1C2CCOC2C12CCC2)N1CCCC2(CCCOC2)C1.I. The normalized spacial score (nSPS) is 40.1. The first-order valence-corrected chi connectivity index (χ1v) is 11.0. The predicted octanol–water partition coefficient (Wildman–Crippen LogP) is 3.42. The highest BCUT2D eigenvalue weighted by Crippen LogP contribution is 2.62. The third kappa shape index (κ3) is 3.31. The van der Waals surface area contributed by atoms with Crippen molar-refractivity contribution in [2.24, 2.45) is 21.7 Å². The molecule has 3 aliphatic heterocycles. The van der Waals surface area contributed by atoms with Gasteiger partial charge in [-0.05, 0) is 51.9 Å². The van der Waals surface area contributed by atoms with E-state index in [1.807, 2.05) is 0 Å². The van der Waals surface area contributed by atoms with E-state index in [1.54, 1.807) is 0 Å². The van der Waals surface area contributed by atoms with E-state index in [1.165, 1.54) is 57.3 Å². The molecule has 3 heterocycles. The van der Waals surface area contributed by atoms with Gasteiger partial charge in [0.15, 0.2) is 5.96 Å². The molecule has 4 atom stereocenters. The molecule has 5 nitrogen and oxygen atoms in total. The number of likely N-dealkylation sites (tertiary alicyclic amines) is 1. The lowest BCUT2D eigenvalue weighted by molar-refractivity contribution is -0.171. The number of rotatable bonds is 2. The van der Waals surface area contributed by atoms with Crippen molar-refractivity contribution in [2.75, 3.05) is 39.5 Å². The maximum absolute atomic E-state index is 6.11. The minimum Gasteiger partial charge on any atom is -0.381 e. The second-order valence-corrected chi connectivity index (χ2v) is 9.43. The minimum atomic E-state index is 0. The van der Waals surface area contributed by atoms with Crippen molar-refractivity contribution >= 4 is 29.9 Å². The highest BCUT2D eigenvalue weighted by atomic mass is 127. The molecule has 0 bridgehead atoms. The molecule has 1 N–H and O–H groups in total. The molecule has 6 heteroatoms. The van der Waals surface area contributed by atoms with E-state index < -0.39 is 0 Å². The van der Waals surface area contributed by atoms with E-state index in [0.29, 0.717) is 28.9 Å². The largest absolute Gasteiger partial charge is 0.381 e. The van der Waals surface area contributed by atoms with E-state index in [-0.39, 0.29) is 24.0 Å². The molecule has 154 valence electrons. The molecule has 0 aromatic rings. The number of halogens is 1. The number of nitrogens with zero attached hydrogens (tertiary/aromatic N) is 2. The van der Waals surface area contributed by atoms with Crippen LogP contribution in [0, 0.1) is 16.7 Å². The standard InChI is InChI=1S/C21H35N3O2.HI/c1-2-22-19(24-11-4-7-20(14-24)8-5-12-25-15-20)23-17-16-6-13-26-18(16)21(17)9-3-10-21;/h16-18H,2-15H2,1H3,(H,22,23);1H. The van der Waals surface area contributed by atoms with E-state index in [9.17, 15) is 0 Å². The number of aliphatic imine (C=N–C) groups is 1. The fourth-order valence-electron chi connectivity index (χ4n) is 6.60. The highest BCUT2D eigenvalue weighted by molar-refractivity contribution is 14.0. The molecule has 3 saturated heterocycles. The fourth-order valence-corrected chi connectivity index (χ4v) is 6.60. The van der Waals surface area contributed by atoms with Crippen molar-refractivity contribution in [1.29, 1.82) is 0 Å². The number of hydrogen-bond donors (Lipinski definition) is 1. The zero-order chi connectivity index (χ0) is 17.6. The molecule has 0 aromatic heterocycles. The van der Waals surface area contributed by atoms with Crippen LogP contribution in [0.2, 0.25) is 0 Å². The molecule has 5 rings (SSSR count). The highest BCUT2D eigenvalue weighted by Gasteiger charge is 2.67. The van der Waals surface area contributed by atoms with Gasteiger partial charge in [0, 0.05) is 55.6 Å². The van der Waals surface area contributed by atoms with Crippen LogP contribution in [-0.4, -0.2) is 62.5 Å². The van der Waals surface area contributed by atoms with Gasteiger partial charge in [-0.2, -0.15) is 0 Å². The van der Waals surface area contributed by atoms with E-state index in [4.69, 9.17) is 14.5 Å². The van der Waals surface area contributed by atoms with Crippen molar-refractivity contribution in [3.8, 4) is 0 Å². The monoisotopic (exact) mass is 489 g/mol. The summed E-state index contributed by atoms with van der Waals surface area (Å²) in [4.78, 5) is 7.49. The molecule has 0 aromatic carbocycles. The maximum Gasteiger partial charge on any atom is 0.194 e. The second kappa shape index (κ2) is 7.98. The number of piperidine rings is 1. The lowest BCUT2D eigenvalue weighted by Crippen LogP contribution is -2.73. The molecular weight excluding hydrogens is 453 g/mol. The van der Waals surface area contributed by atoms with Crippen LogP contribution in [0.3, 0.4) is 0 Å². The van der Waals surface area contributed by atoms with Gasteiger partial charge >= 0.3 is 0 Å². The van der Waals surface area contributed by atoms with Gasteiger partial charge in [0.2, 0.25) is 0 Å². The van der Waals surface area contributed by atoms with Crippen LogP contribution >= 0.6 is 24.0 Å². The summed E-state index contributed by atoms with van der Waals surface area (Å²) in [5.41, 5.74) is 0.774. The van der Waals surface area contributed by atoms with Gasteiger partial charge in [0.05, 0.1) is 12.7 Å². The Hall–Kier alpha value is -0.0800. The summed E-state index contributed by atoms with van der Waals surface area (Å²) in [5, 5.41) is 3.97. The second-order valence-electron chi connectivity index (χ2n) is 9.43. The van der Waals surface area contributed by atoms with E-state index in [0.717, 1.165) is 39.5 Å². The quantitative estimate of drug-likeness (QED) is 0.367. The van der Waals surface area contributed by atoms with Gasteiger partial charge in [0.25, 0.3) is 0 Å². The summed E-state index contributed by atoms with van der Waals surface area (Å²) < 4.78 is 12.0. The summed E-state index contributed by atoms with van der Waals surface area (Å²) in [7, 11) is 0. The van der Waals surface area contributed by atoms with Gasteiger partial charge in [-0.1, -0.05) is 6.42 Å². The van der Waals surface area contributed by atoms with E-state index >= 15 is 0 Å². The average molecular weight is 489 g/mol. The van der Waals surface area contributed by atoms with Crippen LogP contribution in [-0.2, 0) is 9.47 Å². The fraction of sp³-hybridized carbons (Fsp3) is 0.952. The zero-order valence-electron chi connectivity index (χ0n) is 16.8. The Morgan fingerprint density at radius 1 is 1.15 bits per heavy atom. The molecule has 2 spiro atoms. The van der Waals surface area contributed by atoms with Crippen LogP contribution in [0.15, 0.2) is 4.99 Å². The van der Waals surface area contributed by atoms with Crippen molar-refractivity contribution in [3.63, 3.8) is 0 Å². The van der Waals surface area contributed by atoms with Gasteiger partial charge in [-0.3, -0.25) is 4.99 Å². The average Bonchev–Trinajstić information content (AvgIpc) is 3.03. The summed E-state index contributed by atoms with van der Waals surface area (Å²) in [6.45, 7) is 8.11. The van der Waals surface area contributed by atoms with E-state index in [2.05, 4.69) is 17.1 Å². The number of guanidine groups is 1. The van der Waals surface area contributed by atoms with Gasteiger partial charge < -0.3 is 19.7 Å². The van der Waals surface area contributed by atoms with Gasteiger partial charge in [-0.25, -0.2) is 0 Å². The minimum absolute atomic E-state index is 0. The van der Waals surface area contributed by atoms with Crippen LogP contribution in [0.4, 0.5) is 0 Å². The summed E-state index contributed by atoms with van der Waals surface area (Å²) in [6, 6.07) is 0.578. The Bertz CT molecular complexity index is 554. The Labute approximate surface area is 181 Å². The van der Waals surface area contributed by atoms with Crippen molar-refractivity contribution in [3.05, 3.63) is 0 Å². The van der Waals surface area contributed by atoms with Crippen LogP contribution in [0.1, 0.15) is 58.3 Å². The Morgan fingerprint density at radius 3 is 2.70 bits per heavy atom.